The van der Waals surface area contributed by atoms with Gasteiger partial charge < -0.3 is 5.73 Å². The van der Waals surface area contributed by atoms with E-state index in [1.807, 2.05) is 0 Å². The summed E-state index contributed by atoms with van der Waals surface area (Å²) in [6, 6.07) is 3.20. The van der Waals surface area contributed by atoms with Crippen LogP contribution in [0.5, 0.6) is 0 Å². The molecule has 2 aromatic rings. The van der Waals surface area contributed by atoms with Gasteiger partial charge in [-0.25, -0.2) is 17.6 Å². The number of nitrogens with two attached hydrogens (primary N) is 1. The lowest BCUT2D eigenvalue weighted by Gasteiger charge is -2.13. The minimum atomic E-state index is -1.00. The molecule has 2 aromatic carbocycles. The molecule has 0 radical (unpaired) electrons. The summed E-state index contributed by atoms with van der Waals surface area (Å²) in [6.07, 6.45) is 0.966. The van der Waals surface area contributed by atoms with Gasteiger partial charge in [0.15, 0.2) is 0 Å². The largest absolute Gasteiger partial charge is 0.324 e. The van der Waals surface area contributed by atoms with Crippen LogP contribution in [-0.2, 0) is 6.42 Å². The lowest BCUT2D eigenvalue weighted by molar-refractivity contribution is 0.547. The smallest absolute Gasteiger partial charge is 0.136 e. The first-order valence-electron chi connectivity index (χ1n) is 6.21. The summed E-state index contributed by atoms with van der Waals surface area (Å²) in [7, 11) is 0. The summed E-state index contributed by atoms with van der Waals surface area (Å²) < 4.78 is 54.5. The second kappa shape index (κ2) is 4.59. The molecule has 0 aromatic heterocycles. The van der Waals surface area contributed by atoms with Gasteiger partial charge in [-0.3, -0.25) is 0 Å². The highest BCUT2D eigenvalue weighted by Gasteiger charge is 2.28. The van der Waals surface area contributed by atoms with E-state index in [2.05, 4.69) is 0 Å². The number of hydrogen-bond acceptors (Lipinski definition) is 1. The minimum Gasteiger partial charge on any atom is -0.324 e. The first-order chi connectivity index (χ1) is 9.49. The molecule has 104 valence electrons. The number of hydrogen-bond donors (Lipinski definition) is 1. The lowest BCUT2D eigenvalue weighted by atomic mass is 9.95. The SMILES string of the molecule is N[C@@H]1CCc2c(-c3c(F)cc(F)cc3F)ccc(F)c21. The summed E-state index contributed by atoms with van der Waals surface area (Å²) >= 11 is 0. The minimum absolute atomic E-state index is 0.240. The topological polar surface area (TPSA) is 26.0 Å². The average molecular weight is 281 g/mol. The van der Waals surface area contributed by atoms with Crippen LogP contribution in [0.4, 0.5) is 17.6 Å². The van der Waals surface area contributed by atoms with E-state index in [-0.39, 0.29) is 11.1 Å². The van der Waals surface area contributed by atoms with Crippen LogP contribution in [0.15, 0.2) is 24.3 Å². The van der Waals surface area contributed by atoms with Crippen molar-refractivity contribution >= 4 is 0 Å². The zero-order valence-corrected chi connectivity index (χ0v) is 10.4. The van der Waals surface area contributed by atoms with Crippen molar-refractivity contribution in [3.05, 3.63) is 58.7 Å². The van der Waals surface area contributed by atoms with Crippen LogP contribution in [0, 0.1) is 23.3 Å². The van der Waals surface area contributed by atoms with Crippen LogP contribution in [0.25, 0.3) is 11.1 Å². The first kappa shape index (κ1) is 13.1. The normalized spacial score (nSPS) is 17.4. The Balaban J connectivity index is 2.28. The Hall–Kier alpha value is -1.88. The maximum absolute atomic E-state index is 13.9. The summed E-state index contributed by atoms with van der Waals surface area (Å²) in [5, 5.41) is 0. The van der Waals surface area contributed by atoms with E-state index < -0.39 is 29.3 Å². The molecule has 0 saturated heterocycles. The predicted molar refractivity (Wildman–Crippen MR) is 67.0 cm³/mol. The van der Waals surface area contributed by atoms with Gasteiger partial charge in [0, 0.05) is 23.7 Å². The predicted octanol–water partition coefficient (Wildman–Crippen LogP) is 3.86. The molecule has 1 atom stereocenters. The van der Waals surface area contributed by atoms with Gasteiger partial charge in [0.05, 0.1) is 5.56 Å². The Morgan fingerprint density at radius 2 is 1.60 bits per heavy atom. The molecule has 20 heavy (non-hydrogen) atoms. The number of benzene rings is 2. The summed E-state index contributed by atoms with van der Waals surface area (Å²) in [5.74, 6) is -3.47. The summed E-state index contributed by atoms with van der Waals surface area (Å²) in [6.45, 7) is 0. The molecule has 1 aliphatic carbocycles. The summed E-state index contributed by atoms with van der Waals surface area (Å²) in [4.78, 5) is 0. The molecule has 1 nitrogen and oxygen atoms in total. The standard InChI is InChI=1S/C15H11F4N/c16-7-5-11(18)14(12(19)6-7)8-1-3-10(17)15-9(8)2-4-13(15)20/h1,3,5-6,13H,2,4,20H2/t13-/m1/s1. The van der Waals surface area contributed by atoms with Gasteiger partial charge in [0.1, 0.15) is 23.3 Å². The fraction of sp³-hybridized carbons (Fsp3) is 0.200. The third-order valence-electron chi connectivity index (χ3n) is 3.66. The quantitative estimate of drug-likeness (QED) is 0.789. The molecule has 3 rings (SSSR count). The van der Waals surface area contributed by atoms with Gasteiger partial charge in [-0.1, -0.05) is 6.07 Å². The molecule has 1 aliphatic rings. The van der Waals surface area contributed by atoms with Crippen molar-refractivity contribution < 1.29 is 17.6 Å². The fourth-order valence-corrected chi connectivity index (χ4v) is 2.78. The van der Waals surface area contributed by atoms with Crippen molar-refractivity contribution in [3.63, 3.8) is 0 Å². The van der Waals surface area contributed by atoms with Gasteiger partial charge in [-0.05, 0) is 30.0 Å². The number of halogens is 4. The highest BCUT2D eigenvalue weighted by atomic mass is 19.1. The molecule has 0 aliphatic heterocycles. The third kappa shape index (κ3) is 1.89. The molecule has 0 fully saturated rings. The maximum Gasteiger partial charge on any atom is 0.136 e. The second-order valence-electron chi connectivity index (χ2n) is 4.88. The molecule has 0 saturated carbocycles. The van der Waals surface area contributed by atoms with Crippen molar-refractivity contribution in [2.75, 3.05) is 0 Å². The van der Waals surface area contributed by atoms with Crippen molar-refractivity contribution in [2.45, 2.75) is 18.9 Å². The molecule has 2 N–H and O–H groups in total. The van der Waals surface area contributed by atoms with E-state index in [0.29, 0.717) is 36.1 Å². The van der Waals surface area contributed by atoms with Crippen LogP contribution in [0.2, 0.25) is 0 Å². The van der Waals surface area contributed by atoms with Crippen LogP contribution in [-0.4, -0.2) is 0 Å². The van der Waals surface area contributed by atoms with Crippen molar-refractivity contribution in [2.24, 2.45) is 5.73 Å². The zero-order valence-electron chi connectivity index (χ0n) is 10.4. The molecule has 5 heteroatoms. The lowest BCUT2D eigenvalue weighted by Crippen LogP contribution is -2.08. The summed E-state index contributed by atoms with van der Waals surface area (Å²) in [5.41, 5.74) is 6.51. The van der Waals surface area contributed by atoms with E-state index in [0.717, 1.165) is 6.07 Å². The Morgan fingerprint density at radius 3 is 2.25 bits per heavy atom. The van der Waals surface area contributed by atoms with Crippen LogP contribution < -0.4 is 5.73 Å². The van der Waals surface area contributed by atoms with E-state index in [4.69, 9.17) is 5.73 Å². The number of rotatable bonds is 1. The zero-order chi connectivity index (χ0) is 14.4. The molecular formula is C15H11F4N. The van der Waals surface area contributed by atoms with Gasteiger partial charge in [0.25, 0.3) is 0 Å². The molecular weight excluding hydrogens is 270 g/mol. The maximum atomic E-state index is 13.9. The first-order valence-corrected chi connectivity index (χ1v) is 6.21. The van der Waals surface area contributed by atoms with E-state index in [1.165, 1.54) is 6.07 Å². The highest BCUT2D eigenvalue weighted by molar-refractivity contribution is 5.71. The van der Waals surface area contributed by atoms with Crippen molar-refractivity contribution in [1.82, 2.24) is 0 Å². The highest BCUT2D eigenvalue weighted by Crippen LogP contribution is 2.39. The third-order valence-corrected chi connectivity index (χ3v) is 3.66. The Morgan fingerprint density at radius 1 is 0.950 bits per heavy atom. The molecule has 0 bridgehead atoms. The number of fused-ring (bicyclic) bond motifs is 1. The Labute approximate surface area is 113 Å². The van der Waals surface area contributed by atoms with Gasteiger partial charge >= 0.3 is 0 Å². The van der Waals surface area contributed by atoms with Crippen LogP contribution in [0.3, 0.4) is 0 Å². The molecule has 0 spiro atoms. The van der Waals surface area contributed by atoms with E-state index in [1.54, 1.807) is 0 Å². The van der Waals surface area contributed by atoms with Gasteiger partial charge in [-0.15, -0.1) is 0 Å². The second-order valence-corrected chi connectivity index (χ2v) is 4.88. The van der Waals surface area contributed by atoms with Gasteiger partial charge in [-0.2, -0.15) is 0 Å². The van der Waals surface area contributed by atoms with Gasteiger partial charge in [0.2, 0.25) is 0 Å². The van der Waals surface area contributed by atoms with E-state index >= 15 is 0 Å². The molecule has 0 amide bonds. The van der Waals surface area contributed by atoms with E-state index in [9.17, 15) is 17.6 Å². The van der Waals surface area contributed by atoms with Crippen LogP contribution in [0.1, 0.15) is 23.6 Å². The van der Waals surface area contributed by atoms with Crippen LogP contribution >= 0.6 is 0 Å². The molecule has 0 heterocycles. The molecule has 0 unspecified atom stereocenters. The Kier molecular flexibility index (Phi) is 3.01. The van der Waals surface area contributed by atoms with Crippen molar-refractivity contribution in [1.29, 1.82) is 0 Å². The van der Waals surface area contributed by atoms with Crippen molar-refractivity contribution in [3.8, 4) is 11.1 Å². The fourth-order valence-electron chi connectivity index (χ4n) is 2.78. The average Bonchev–Trinajstić information content (AvgIpc) is 2.74. The Bertz CT molecular complexity index is 674. The monoisotopic (exact) mass is 281 g/mol.